The zero-order chi connectivity index (χ0) is 22.2. The number of hydrogen-bond acceptors (Lipinski definition) is 4. The van der Waals surface area contributed by atoms with E-state index in [1.165, 1.54) is 5.56 Å². The molecule has 0 atom stereocenters. The molecule has 0 saturated carbocycles. The summed E-state index contributed by atoms with van der Waals surface area (Å²) in [6, 6.07) is 11.4. The molecule has 7 heteroatoms. The summed E-state index contributed by atoms with van der Waals surface area (Å²) in [6.07, 6.45) is 1.35. The summed E-state index contributed by atoms with van der Waals surface area (Å²) >= 11 is 6.04. The van der Waals surface area contributed by atoms with Crippen LogP contribution in [0.15, 0.2) is 41.4 Å². The Bertz CT molecular complexity index is 1070. The van der Waals surface area contributed by atoms with E-state index in [4.69, 9.17) is 16.6 Å². The quantitative estimate of drug-likeness (QED) is 0.765. The van der Waals surface area contributed by atoms with Crippen LogP contribution in [-0.4, -0.2) is 47.7 Å². The van der Waals surface area contributed by atoms with Gasteiger partial charge in [0.2, 0.25) is 5.91 Å². The first-order chi connectivity index (χ1) is 14.7. The molecule has 0 bridgehead atoms. The topological polar surface area (TPSA) is 73.8 Å². The number of aryl methyl sites for hydroxylation is 3. The number of rotatable bonds is 4. The van der Waals surface area contributed by atoms with Crippen molar-refractivity contribution in [2.45, 2.75) is 39.3 Å². The van der Waals surface area contributed by atoms with Crippen LogP contribution >= 0.6 is 11.6 Å². The van der Waals surface area contributed by atoms with Gasteiger partial charge in [-0.25, -0.2) is 0 Å². The highest BCUT2D eigenvalue weighted by atomic mass is 35.5. The van der Waals surface area contributed by atoms with Gasteiger partial charge in [0.1, 0.15) is 11.4 Å². The molecule has 0 radical (unpaired) electrons. The summed E-state index contributed by atoms with van der Waals surface area (Å²) in [5, 5.41) is 6.63. The predicted octanol–water partition coefficient (Wildman–Crippen LogP) is 3.61. The molecule has 2 aromatic carbocycles. The van der Waals surface area contributed by atoms with E-state index in [2.05, 4.69) is 22.5 Å². The molecule has 1 saturated heterocycles. The van der Waals surface area contributed by atoms with Gasteiger partial charge in [0, 0.05) is 42.2 Å². The smallest absolute Gasteiger partial charge is 0.272 e. The first-order valence-corrected chi connectivity index (χ1v) is 10.9. The first-order valence-electron chi connectivity index (χ1n) is 10.5. The average Bonchev–Trinajstić information content (AvgIpc) is 3.05. The van der Waals surface area contributed by atoms with Gasteiger partial charge >= 0.3 is 0 Å². The molecule has 1 spiro atoms. The zero-order valence-corrected chi connectivity index (χ0v) is 18.8. The van der Waals surface area contributed by atoms with Crippen molar-refractivity contribution in [1.29, 1.82) is 0 Å². The van der Waals surface area contributed by atoms with Crippen molar-refractivity contribution in [2.75, 3.05) is 25.0 Å². The molecule has 2 aliphatic rings. The Morgan fingerprint density at radius 2 is 1.81 bits per heavy atom. The highest BCUT2D eigenvalue weighted by Gasteiger charge is 2.42. The lowest BCUT2D eigenvalue weighted by Gasteiger charge is -2.36. The molecule has 0 aromatic heterocycles. The van der Waals surface area contributed by atoms with E-state index in [-0.39, 0.29) is 11.8 Å². The Labute approximate surface area is 187 Å². The second-order valence-electron chi connectivity index (χ2n) is 8.53. The van der Waals surface area contributed by atoms with E-state index in [0.717, 1.165) is 22.4 Å². The molecule has 162 valence electrons. The third-order valence-corrected chi connectivity index (χ3v) is 6.43. The molecule has 2 heterocycles. The van der Waals surface area contributed by atoms with E-state index in [0.29, 0.717) is 43.2 Å². The Balaban J connectivity index is 1.38. The normalized spacial score (nSPS) is 18.1. The fourth-order valence-electron chi connectivity index (χ4n) is 4.09. The minimum atomic E-state index is -0.568. The van der Waals surface area contributed by atoms with Crippen molar-refractivity contribution in [1.82, 2.24) is 10.2 Å². The second-order valence-corrected chi connectivity index (χ2v) is 8.97. The average molecular weight is 439 g/mol. The number of nitrogens with one attached hydrogen (secondary N) is 2. The van der Waals surface area contributed by atoms with E-state index in [9.17, 15) is 9.59 Å². The van der Waals surface area contributed by atoms with Crippen molar-refractivity contribution in [3.63, 3.8) is 0 Å². The summed E-state index contributed by atoms with van der Waals surface area (Å²) in [5.41, 5.74) is 4.83. The monoisotopic (exact) mass is 438 g/mol. The van der Waals surface area contributed by atoms with E-state index in [1.54, 1.807) is 12.1 Å². The van der Waals surface area contributed by atoms with Crippen LogP contribution in [0.3, 0.4) is 0 Å². The van der Waals surface area contributed by atoms with Gasteiger partial charge in [0.25, 0.3) is 5.91 Å². The molecule has 6 nitrogen and oxygen atoms in total. The van der Waals surface area contributed by atoms with E-state index < -0.39 is 5.66 Å². The Hall–Kier alpha value is -2.70. The number of aliphatic imine (C=N–C) groups is 1. The van der Waals surface area contributed by atoms with Crippen molar-refractivity contribution < 1.29 is 9.59 Å². The van der Waals surface area contributed by atoms with Crippen molar-refractivity contribution in [3.05, 3.63) is 63.7 Å². The molecular weight excluding hydrogens is 412 g/mol. The summed E-state index contributed by atoms with van der Waals surface area (Å²) < 4.78 is 0. The van der Waals surface area contributed by atoms with Gasteiger partial charge in [-0.3, -0.25) is 19.5 Å². The summed E-state index contributed by atoms with van der Waals surface area (Å²) in [5.74, 6) is -0.193. The van der Waals surface area contributed by atoms with Gasteiger partial charge < -0.3 is 10.6 Å². The molecule has 4 rings (SSSR count). The SMILES string of the molecule is Cc1ccc(C2=NC3(CCN(CC(=O)Nc4cc(Cl)ccc4C)CC3)NC2=O)cc1C. The molecule has 0 unspecified atom stereocenters. The van der Waals surface area contributed by atoms with Crippen LogP contribution in [-0.2, 0) is 9.59 Å². The van der Waals surface area contributed by atoms with Crippen molar-refractivity contribution >= 4 is 34.8 Å². The standard InChI is InChI=1S/C24H27ClN4O2/c1-15-4-6-18(12-17(15)3)22-23(31)28-24(27-22)8-10-29(11-9-24)14-21(30)26-20-13-19(25)7-5-16(20)2/h4-7,12-13H,8-11,14H2,1-3H3,(H,26,30)(H,28,31). The lowest BCUT2D eigenvalue weighted by atomic mass is 9.98. The van der Waals surface area contributed by atoms with E-state index >= 15 is 0 Å². The lowest BCUT2D eigenvalue weighted by Crippen LogP contribution is -2.52. The summed E-state index contributed by atoms with van der Waals surface area (Å²) in [4.78, 5) is 32.1. The van der Waals surface area contributed by atoms with Gasteiger partial charge in [-0.15, -0.1) is 0 Å². The number of amides is 2. The molecule has 31 heavy (non-hydrogen) atoms. The van der Waals surface area contributed by atoms with Gasteiger partial charge in [0.15, 0.2) is 0 Å². The lowest BCUT2D eigenvalue weighted by molar-refractivity contribution is -0.119. The number of nitrogens with zero attached hydrogens (tertiary/aromatic N) is 2. The number of likely N-dealkylation sites (tertiary alicyclic amines) is 1. The van der Waals surface area contributed by atoms with Crippen LogP contribution < -0.4 is 10.6 Å². The largest absolute Gasteiger partial charge is 0.326 e. The Morgan fingerprint density at radius 3 is 2.52 bits per heavy atom. The highest BCUT2D eigenvalue weighted by Crippen LogP contribution is 2.29. The van der Waals surface area contributed by atoms with Crippen LogP contribution in [0.25, 0.3) is 0 Å². The Morgan fingerprint density at radius 1 is 1.10 bits per heavy atom. The molecule has 0 aliphatic carbocycles. The minimum absolute atomic E-state index is 0.0731. The molecule has 2 amide bonds. The predicted molar refractivity (Wildman–Crippen MR) is 124 cm³/mol. The highest BCUT2D eigenvalue weighted by molar-refractivity contribution is 6.46. The maximum atomic E-state index is 12.6. The van der Waals surface area contributed by atoms with Gasteiger partial charge in [-0.2, -0.15) is 0 Å². The number of carbonyl (C=O) groups is 2. The molecule has 2 aromatic rings. The van der Waals surface area contributed by atoms with Gasteiger partial charge in [-0.1, -0.05) is 29.8 Å². The van der Waals surface area contributed by atoms with Crippen LogP contribution in [0.4, 0.5) is 5.69 Å². The first kappa shape index (κ1) is 21.5. The van der Waals surface area contributed by atoms with Crippen molar-refractivity contribution in [2.24, 2.45) is 4.99 Å². The second kappa shape index (κ2) is 8.44. The Kier molecular flexibility index (Phi) is 5.86. The molecular formula is C24H27ClN4O2. The third kappa shape index (κ3) is 4.65. The molecule has 1 fully saturated rings. The fourth-order valence-corrected chi connectivity index (χ4v) is 4.26. The van der Waals surface area contributed by atoms with Crippen LogP contribution in [0.1, 0.15) is 35.1 Å². The maximum Gasteiger partial charge on any atom is 0.272 e. The number of benzene rings is 2. The van der Waals surface area contributed by atoms with Crippen LogP contribution in [0.2, 0.25) is 5.02 Å². The fraction of sp³-hybridized carbons (Fsp3) is 0.375. The summed E-state index contributed by atoms with van der Waals surface area (Å²) in [6.45, 7) is 7.69. The summed E-state index contributed by atoms with van der Waals surface area (Å²) in [7, 11) is 0. The maximum absolute atomic E-state index is 12.6. The minimum Gasteiger partial charge on any atom is -0.326 e. The van der Waals surface area contributed by atoms with Gasteiger partial charge in [-0.05, 0) is 55.7 Å². The number of hydrogen-bond donors (Lipinski definition) is 2. The van der Waals surface area contributed by atoms with E-state index in [1.807, 2.05) is 38.1 Å². The third-order valence-electron chi connectivity index (χ3n) is 6.19. The van der Waals surface area contributed by atoms with Crippen molar-refractivity contribution in [3.8, 4) is 0 Å². The molecule has 2 aliphatic heterocycles. The molecule has 2 N–H and O–H groups in total. The number of halogens is 1. The number of piperidine rings is 1. The number of anilines is 1. The number of carbonyl (C=O) groups excluding carboxylic acids is 2. The van der Waals surface area contributed by atoms with Crippen LogP contribution in [0, 0.1) is 20.8 Å². The van der Waals surface area contributed by atoms with Crippen LogP contribution in [0.5, 0.6) is 0 Å². The zero-order valence-electron chi connectivity index (χ0n) is 18.1. The van der Waals surface area contributed by atoms with Gasteiger partial charge in [0.05, 0.1) is 6.54 Å².